The van der Waals surface area contributed by atoms with Gasteiger partial charge in [-0.2, -0.15) is 0 Å². The maximum absolute atomic E-state index is 12.0. The van der Waals surface area contributed by atoms with Crippen molar-refractivity contribution in [3.8, 4) is 0 Å². The van der Waals surface area contributed by atoms with Crippen molar-refractivity contribution in [2.75, 3.05) is 20.6 Å². The van der Waals surface area contributed by atoms with Gasteiger partial charge in [0.25, 0.3) is 5.91 Å². The SMILES string of the molecule is CC(CN(C)C)NC(=O)c1cc(I)ccc1Br. The van der Waals surface area contributed by atoms with Gasteiger partial charge in [-0.1, -0.05) is 0 Å². The van der Waals surface area contributed by atoms with Gasteiger partial charge >= 0.3 is 0 Å². The lowest BCUT2D eigenvalue weighted by atomic mass is 10.2. The monoisotopic (exact) mass is 410 g/mol. The summed E-state index contributed by atoms with van der Waals surface area (Å²) >= 11 is 5.60. The first-order chi connectivity index (χ1) is 7.90. The minimum absolute atomic E-state index is 0.0373. The highest BCUT2D eigenvalue weighted by Crippen LogP contribution is 2.19. The third-order valence-corrected chi connectivity index (χ3v) is 3.55. The van der Waals surface area contributed by atoms with Crippen molar-refractivity contribution in [3.05, 3.63) is 31.8 Å². The molecule has 1 aromatic rings. The van der Waals surface area contributed by atoms with Gasteiger partial charge in [0.1, 0.15) is 0 Å². The highest BCUT2D eigenvalue weighted by molar-refractivity contribution is 14.1. The predicted octanol–water partition coefficient (Wildman–Crippen LogP) is 2.73. The summed E-state index contributed by atoms with van der Waals surface area (Å²) in [6, 6.07) is 5.86. The van der Waals surface area contributed by atoms with Crippen molar-refractivity contribution in [1.29, 1.82) is 0 Å². The molecule has 0 aliphatic heterocycles. The lowest BCUT2D eigenvalue weighted by Crippen LogP contribution is -2.39. The largest absolute Gasteiger partial charge is 0.348 e. The van der Waals surface area contributed by atoms with Gasteiger partial charge in [-0.05, 0) is 77.7 Å². The highest BCUT2D eigenvalue weighted by Gasteiger charge is 2.13. The van der Waals surface area contributed by atoms with Crippen LogP contribution in [-0.4, -0.2) is 37.5 Å². The molecule has 0 saturated heterocycles. The molecule has 0 fully saturated rings. The Morgan fingerprint density at radius 3 is 2.76 bits per heavy atom. The Balaban J connectivity index is 2.73. The average Bonchev–Trinajstić information content (AvgIpc) is 2.20. The molecule has 0 radical (unpaired) electrons. The summed E-state index contributed by atoms with van der Waals surface area (Å²) in [5.74, 6) is -0.0373. The second-order valence-corrected chi connectivity index (χ2v) is 6.36. The Kier molecular flexibility index (Phi) is 5.88. The van der Waals surface area contributed by atoms with Gasteiger partial charge in [-0.3, -0.25) is 4.79 Å². The molecule has 5 heteroatoms. The fourth-order valence-corrected chi connectivity index (χ4v) is 2.48. The molecule has 0 spiro atoms. The van der Waals surface area contributed by atoms with Crippen LogP contribution in [0.2, 0.25) is 0 Å². The van der Waals surface area contributed by atoms with E-state index < -0.39 is 0 Å². The third-order valence-electron chi connectivity index (χ3n) is 2.19. The van der Waals surface area contributed by atoms with Crippen LogP contribution < -0.4 is 5.32 Å². The lowest BCUT2D eigenvalue weighted by Gasteiger charge is -2.18. The molecule has 1 atom stereocenters. The van der Waals surface area contributed by atoms with E-state index in [1.54, 1.807) is 0 Å². The summed E-state index contributed by atoms with van der Waals surface area (Å²) in [7, 11) is 3.98. The van der Waals surface area contributed by atoms with Crippen molar-refractivity contribution >= 4 is 44.4 Å². The first kappa shape index (κ1) is 14.9. The number of carbonyl (C=O) groups excluding carboxylic acids is 1. The van der Waals surface area contributed by atoms with Gasteiger partial charge in [0.2, 0.25) is 0 Å². The number of amides is 1. The van der Waals surface area contributed by atoms with Gasteiger partial charge in [0.15, 0.2) is 0 Å². The van der Waals surface area contributed by atoms with Gasteiger partial charge in [0.05, 0.1) is 5.56 Å². The number of halogens is 2. The normalized spacial score (nSPS) is 12.6. The minimum Gasteiger partial charge on any atom is -0.348 e. The summed E-state index contributed by atoms with van der Waals surface area (Å²) in [5.41, 5.74) is 0.683. The van der Waals surface area contributed by atoms with Crippen LogP contribution >= 0.6 is 38.5 Å². The van der Waals surface area contributed by atoms with Crippen molar-refractivity contribution in [2.45, 2.75) is 13.0 Å². The molecule has 1 N–H and O–H groups in total. The minimum atomic E-state index is -0.0373. The first-order valence-electron chi connectivity index (χ1n) is 5.31. The van der Waals surface area contributed by atoms with E-state index in [1.165, 1.54) is 0 Å². The number of carbonyl (C=O) groups is 1. The summed E-state index contributed by atoms with van der Waals surface area (Å²) in [6.07, 6.45) is 0. The second kappa shape index (κ2) is 6.70. The molecule has 1 aromatic carbocycles. The molecule has 0 bridgehead atoms. The van der Waals surface area contributed by atoms with E-state index in [2.05, 4.69) is 48.7 Å². The Morgan fingerprint density at radius 2 is 2.18 bits per heavy atom. The summed E-state index contributed by atoms with van der Waals surface area (Å²) in [6.45, 7) is 2.83. The number of nitrogens with zero attached hydrogens (tertiary/aromatic N) is 1. The van der Waals surface area contributed by atoms with Crippen LogP contribution in [0.5, 0.6) is 0 Å². The zero-order chi connectivity index (χ0) is 13.0. The second-order valence-electron chi connectivity index (χ2n) is 4.26. The van der Waals surface area contributed by atoms with E-state index >= 15 is 0 Å². The molecule has 1 amide bonds. The van der Waals surface area contributed by atoms with Gasteiger partial charge in [-0.15, -0.1) is 0 Å². The molecule has 17 heavy (non-hydrogen) atoms. The van der Waals surface area contributed by atoms with Gasteiger partial charge in [-0.25, -0.2) is 0 Å². The predicted molar refractivity (Wildman–Crippen MR) is 82.3 cm³/mol. The van der Waals surface area contributed by atoms with Crippen molar-refractivity contribution < 1.29 is 4.79 Å². The molecular formula is C12H16BrIN2O. The number of likely N-dealkylation sites (N-methyl/N-ethyl adjacent to an activating group) is 1. The average molecular weight is 411 g/mol. The molecule has 0 saturated carbocycles. The molecule has 1 rings (SSSR count). The van der Waals surface area contributed by atoms with Crippen LogP contribution in [0.1, 0.15) is 17.3 Å². The van der Waals surface area contributed by atoms with E-state index in [0.717, 1.165) is 14.6 Å². The van der Waals surface area contributed by atoms with E-state index in [9.17, 15) is 4.79 Å². The maximum Gasteiger partial charge on any atom is 0.252 e. The molecule has 94 valence electrons. The van der Waals surface area contributed by atoms with Gasteiger partial charge < -0.3 is 10.2 Å². The number of hydrogen-bond donors (Lipinski definition) is 1. The van der Waals surface area contributed by atoms with Crippen LogP contribution in [0.3, 0.4) is 0 Å². The van der Waals surface area contributed by atoms with Crippen molar-refractivity contribution in [1.82, 2.24) is 10.2 Å². The van der Waals surface area contributed by atoms with Crippen LogP contribution in [0, 0.1) is 3.57 Å². The molecule has 0 aliphatic carbocycles. The molecular weight excluding hydrogens is 395 g/mol. The van der Waals surface area contributed by atoms with E-state index in [-0.39, 0.29) is 11.9 Å². The van der Waals surface area contributed by atoms with E-state index in [1.807, 2.05) is 39.2 Å². The Bertz CT molecular complexity index is 409. The smallest absolute Gasteiger partial charge is 0.252 e. The Labute approximate surface area is 124 Å². The Hall–Kier alpha value is -0.140. The number of nitrogens with one attached hydrogen (secondary N) is 1. The van der Waals surface area contributed by atoms with E-state index in [0.29, 0.717) is 5.56 Å². The highest BCUT2D eigenvalue weighted by atomic mass is 127. The molecule has 3 nitrogen and oxygen atoms in total. The third kappa shape index (κ3) is 4.93. The van der Waals surface area contributed by atoms with Crippen LogP contribution in [0.4, 0.5) is 0 Å². The maximum atomic E-state index is 12.0. The first-order valence-corrected chi connectivity index (χ1v) is 7.18. The zero-order valence-corrected chi connectivity index (χ0v) is 13.9. The number of hydrogen-bond acceptors (Lipinski definition) is 2. The van der Waals surface area contributed by atoms with Crippen LogP contribution in [0.25, 0.3) is 0 Å². The summed E-state index contributed by atoms with van der Waals surface area (Å²) in [4.78, 5) is 14.1. The lowest BCUT2D eigenvalue weighted by molar-refractivity contribution is 0.0933. The quantitative estimate of drug-likeness (QED) is 0.774. The fraction of sp³-hybridized carbons (Fsp3) is 0.417. The molecule has 0 aromatic heterocycles. The molecule has 1 unspecified atom stereocenters. The molecule has 0 heterocycles. The van der Waals surface area contributed by atoms with Crippen LogP contribution in [0.15, 0.2) is 22.7 Å². The van der Waals surface area contributed by atoms with Gasteiger partial charge in [0, 0.05) is 20.6 Å². The van der Waals surface area contributed by atoms with Crippen LogP contribution in [-0.2, 0) is 0 Å². The fourth-order valence-electron chi connectivity index (χ4n) is 1.57. The number of rotatable bonds is 4. The van der Waals surface area contributed by atoms with E-state index in [4.69, 9.17) is 0 Å². The Morgan fingerprint density at radius 1 is 1.53 bits per heavy atom. The molecule has 0 aliphatic rings. The van der Waals surface area contributed by atoms with Crippen molar-refractivity contribution in [3.63, 3.8) is 0 Å². The number of benzene rings is 1. The topological polar surface area (TPSA) is 32.3 Å². The standard InChI is InChI=1S/C12H16BrIN2O/c1-8(7-16(2)3)15-12(17)10-6-9(14)4-5-11(10)13/h4-6,8H,7H2,1-3H3,(H,15,17). The van der Waals surface area contributed by atoms with Crippen molar-refractivity contribution in [2.24, 2.45) is 0 Å². The zero-order valence-electron chi connectivity index (χ0n) is 10.1. The summed E-state index contributed by atoms with van der Waals surface area (Å²) < 4.78 is 1.88. The summed E-state index contributed by atoms with van der Waals surface area (Å²) in [5, 5.41) is 2.98.